The lowest BCUT2D eigenvalue weighted by Gasteiger charge is -2.18. The largest absolute Gasteiger partial charge is 0.377 e. The Balaban J connectivity index is 2.88. The predicted octanol–water partition coefficient (Wildman–Crippen LogP) is 2.76. The summed E-state index contributed by atoms with van der Waals surface area (Å²) >= 11 is 5.78. The monoisotopic (exact) mass is 353 g/mol. The summed E-state index contributed by atoms with van der Waals surface area (Å²) in [6, 6.07) is 3.96. The number of amides is 1. The van der Waals surface area contributed by atoms with E-state index in [0.29, 0.717) is 13.2 Å². The van der Waals surface area contributed by atoms with Gasteiger partial charge in [0.05, 0.1) is 17.7 Å². The SMILES string of the molecule is CC(C)OCCN(C)C(=O)c1ccc(Cl)c(S(=O)(=O)Cl)c1. The Morgan fingerprint density at radius 1 is 1.38 bits per heavy atom. The molecule has 0 atom stereocenters. The normalized spacial score (nSPS) is 11.7. The lowest BCUT2D eigenvalue weighted by molar-refractivity contribution is 0.0532. The Bertz CT molecular complexity index is 617. The van der Waals surface area contributed by atoms with Crippen LogP contribution in [0.25, 0.3) is 0 Å². The van der Waals surface area contributed by atoms with Crippen LogP contribution in [0.2, 0.25) is 5.02 Å². The molecule has 0 spiro atoms. The van der Waals surface area contributed by atoms with E-state index >= 15 is 0 Å². The summed E-state index contributed by atoms with van der Waals surface area (Å²) in [5, 5.41) is -0.0210. The number of nitrogens with zero attached hydrogens (tertiary/aromatic N) is 1. The van der Waals surface area contributed by atoms with Crippen LogP contribution in [0.3, 0.4) is 0 Å². The molecule has 8 heteroatoms. The highest BCUT2D eigenvalue weighted by molar-refractivity contribution is 8.13. The molecule has 1 aromatic carbocycles. The fraction of sp³-hybridized carbons (Fsp3) is 0.462. The molecule has 0 heterocycles. The summed E-state index contributed by atoms with van der Waals surface area (Å²) in [7, 11) is 2.89. The third-order valence-electron chi connectivity index (χ3n) is 2.67. The fourth-order valence-electron chi connectivity index (χ4n) is 1.57. The minimum Gasteiger partial charge on any atom is -0.377 e. The van der Waals surface area contributed by atoms with Crippen molar-refractivity contribution in [2.75, 3.05) is 20.2 Å². The number of carbonyl (C=O) groups is 1. The number of halogens is 2. The average molecular weight is 354 g/mol. The molecule has 0 N–H and O–H groups in total. The van der Waals surface area contributed by atoms with Gasteiger partial charge in [0.2, 0.25) is 0 Å². The second kappa shape index (κ2) is 7.45. The molecule has 0 aromatic heterocycles. The molecule has 0 unspecified atom stereocenters. The summed E-state index contributed by atoms with van der Waals surface area (Å²) in [4.78, 5) is 13.4. The van der Waals surface area contributed by atoms with Crippen LogP contribution in [0, 0.1) is 0 Å². The molecule has 0 saturated heterocycles. The van der Waals surface area contributed by atoms with E-state index in [-0.39, 0.29) is 27.5 Å². The van der Waals surface area contributed by atoms with E-state index in [9.17, 15) is 13.2 Å². The molecule has 0 aliphatic rings. The van der Waals surface area contributed by atoms with E-state index in [2.05, 4.69) is 0 Å². The van der Waals surface area contributed by atoms with Crippen LogP contribution < -0.4 is 0 Å². The molecule has 1 aromatic rings. The van der Waals surface area contributed by atoms with Crippen LogP contribution in [0.4, 0.5) is 0 Å². The average Bonchev–Trinajstić information content (AvgIpc) is 2.36. The van der Waals surface area contributed by atoms with Gasteiger partial charge in [-0.15, -0.1) is 0 Å². The van der Waals surface area contributed by atoms with Crippen molar-refractivity contribution in [3.05, 3.63) is 28.8 Å². The molecule has 5 nitrogen and oxygen atoms in total. The Morgan fingerprint density at radius 3 is 2.52 bits per heavy atom. The van der Waals surface area contributed by atoms with Gasteiger partial charge < -0.3 is 9.64 Å². The van der Waals surface area contributed by atoms with Crippen molar-refractivity contribution in [2.45, 2.75) is 24.8 Å². The maximum absolute atomic E-state index is 12.2. The maximum atomic E-state index is 12.2. The van der Waals surface area contributed by atoms with E-state index in [0.717, 1.165) is 0 Å². The van der Waals surface area contributed by atoms with E-state index < -0.39 is 9.05 Å². The van der Waals surface area contributed by atoms with Crippen LogP contribution in [0.1, 0.15) is 24.2 Å². The zero-order chi connectivity index (χ0) is 16.2. The summed E-state index contributed by atoms with van der Waals surface area (Å²) < 4.78 is 28.1. The number of hydrogen-bond donors (Lipinski definition) is 0. The van der Waals surface area contributed by atoms with Crippen LogP contribution in [0.5, 0.6) is 0 Å². The van der Waals surface area contributed by atoms with Gasteiger partial charge >= 0.3 is 0 Å². The van der Waals surface area contributed by atoms with Crippen molar-refractivity contribution >= 4 is 37.2 Å². The number of likely N-dealkylation sites (N-methyl/N-ethyl adjacent to an activating group) is 1. The Labute approximate surface area is 134 Å². The zero-order valence-corrected chi connectivity index (χ0v) is 14.3. The highest BCUT2D eigenvalue weighted by Gasteiger charge is 2.19. The molecule has 0 radical (unpaired) electrons. The highest BCUT2D eigenvalue weighted by Crippen LogP contribution is 2.26. The second-order valence-corrected chi connectivity index (χ2v) is 7.67. The van der Waals surface area contributed by atoms with Crippen LogP contribution in [-0.4, -0.2) is 45.5 Å². The standard InChI is InChI=1S/C13H17Cl2NO4S/c1-9(2)20-7-6-16(3)13(17)10-4-5-11(14)12(8-10)21(15,18)19/h4-5,8-9H,6-7H2,1-3H3. The van der Waals surface area contributed by atoms with Gasteiger partial charge in [-0.1, -0.05) is 11.6 Å². The predicted molar refractivity (Wildman–Crippen MR) is 82.5 cm³/mol. The van der Waals surface area contributed by atoms with Gasteiger partial charge in [0, 0.05) is 29.8 Å². The molecule has 1 amide bonds. The fourth-order valence-corrected chi connectivity index (χ4v) is 3.06. The van der Waals surface area contributed by atoms with E-state index in [4.69, 9.17) is 27.0 Å². The first-order valence-corrected chi connectivity index (χ1v) is 8.93. The van der Waals surface area contributed by atoms with Gasteiger partial charge in [0.15, 0.2) is 0 Å². The lowest BCUT2D eigenvalue weighted by Crippen LogP contribution is -2.30. The molecule has 1 rings (SSSR count). The third kappa shape index (κ3) is 5.47. The van der Waals surface area contributed by atoms with Crippen LogP contribution >= 0.6 is 22.3 Å². The number of rotatable bonds is 6. The minimum absolute atomic E-state index is 0.0210. The van der Waals surface area contributed by atoms with Gasteiger partial charge in [0.1, 0.15) is 4.90 Å². The van der Waals surface area contributed by atoms with Crippen molar-refractivity contribution in [1.29, 1.82) is 0 Å². The molecule has 0 bridgehead atoms. The highest BCUT2D eigenvalue weighted by atomic mass is 35.7. The molecule has 0 aliphatic heterocycles. The molecule has 21 heavy (non-hydrogen) atoms. The van der Waals surface area contributed by atoms with E-state index in [1.807, 2.05) is 13.8 Å². The van der Waals surface area contributed by atoms with E-state index in [1.165, 1.54) is 23.1 Å². The van der Waals surface area contributed by atoms with Gasteiger partial charge in [-0.3, -0.25) is 4.79 Å². The first kappa shape index (κ1) is 18.2. The Kier molecular flexibility index (Phi) is 6.46. The number of ether oxygens (including phenoxy) is 1. The quantitative estimate of drug-likeness (QED) is 0.737. The molecular formula is C13H17Cl2NO4S. The first-order chi connectivity index (χ1) is 9.62. The van der Waals surface area contributed by atoms with Crippen molar-refractivity contribution in [2.24, 2.45) is 0 Å². The summed E-state index contributed by atoms with van der Waals surface area (Å²) in [6.07, 6.45) is 0.0806. The van der Waals surface area contributed by atoms with Crippen LogP contribution in [0.15, 0.2) is 23.1 Å². The molecule has 0 fully saturated rings. The van der Waals surface area contributed by atoms with Gasteiger partial charge in [0.25, 0.3) is 15.0 Å². The topological polar surface area (TPSA) is 63.7 Å². The smallest absolute Gasteiger partial charge is 0.262 e. The van der Waals surface area contributed by atoms with Crippen molar-refractivity contribution in [1.82, 2.24) is 4.90 Å². The summed E-state index contributed by atoms with van der Waals surface area (Å²) in [5.41, 5.74) is 0.200. The van der Waals surface area contributed by atoms with Crippen molar-refractivity contribution in [3.63, 3.8) is 0 Å². The molecular weight excluding hydrogens is 337 g/mol. The second-order valence-electron chi connectivity index (χ2n) is 4.73. The van der Waals surface area contributed by atoms with E-state index in [1.54, 1.807) is 7.05 Å². The molecule has 0 saturated carbocycles. The van der Waals surface area contributed by atoms with Crippen molar-refractivity contribution in [3.8, 4) is 0 Å². The Hall–Kier alpha value is -0.820. The zero-order valence-electron chi connectivity index (χ0n) is 12.0. The molecule has 0 aliphatic carbocycles. The van der Waals surface area contributed by atoms with Gasteiger partial charge in [-0.25, -0.2) is 8.42 Å². The summed E-state index contributed by atoms with van der Waals surface area (Å²) in [6.45, 7) is 4.59. The Morgan fingerprint density at radius 2 is 2.00 bits per heavy atom. The lowest BCUT2D eigenvalue weighted by atomic mass is 10.2. The number of hydrogen-bond acceptors (Lipinski definition) is 4. The van der Waals surface area contributed by atoms with Gasteiger partial charge in [-0.05, 0) is 32.0 Å². The molecule has 118 valence electrons. The third-order valence-corrected chi connectivity index (χ3v) is 4.47. The van der Waals surface area contributed by atoms with Crippen LogP contribution in [-0.2, 0) is 13.8 Å². The first-order valence-electron chi connectivity index (χ1n) is 6.24. The van der Waals surface area contributed by atoms with Gasteiger partial charge in [-0.2, -0.15) is 0 Å². The van der Waals surface area contributed by atoms with Crippen molar-refractivity contribution < 1.29 is 17.9 Å². The maximum Gasteiger partial charge on any atom is 0.262 e. The number of benzene rings is 1. The summed E-state index contributed by atoms with van der Waals surface area (Å²) in [5.74, 6) is -0.333. The number of carbonyl (C=O) groups excluding carboxylic acids is 1. The minimum atomic E-state index is -4.00.